The highest BCUT2D eigenvalue weighted by Gasteiger charge is 2.29. The molecule has 0 N–H and O–H groups in total. The number of ether oxygens (including phenoxy) is 4. The highest BCUT2D eigenvalue weighted by Crippen LogP contribution is 2.29. The van der Waals surface area contributed by atoms with Crippen molar-refractivity contribution in [2.75, 3.05) is 40.5 Å². The predicted octanol–water partition coefficient (Wildman–Crippen LogP) is 2.55. The lowest BCUT2D eigenvalue weighted by Crippen LogP contribution is -2.40. The maximum absolute atomic E-state index is 13.1. The Hall–Kier alpha value is -3.21. The number of rotatable bonds is 9. The van der Waals surface area contributed by atoms with E-state index in [9.17, 15) is 18.0 Å². The predicted molar refractivity (Wildman–Crippen MR) is 124 cm³/mol. The zero-order valence-electron chi connectivity index (χ0n) is 19.2. The number of carbonyl (C=O) groups is 2. The number of benzene rings is 2. The summed E-state index contributed by atoms with van der Waals surface area (Å²) >= 11 is 0. The van der Waals surface area contributed by atoms with E-state index in [-0.39, 0.29) is 29.5 Å². The minimum absolute atomic E-state index is 0.00420. The van der Waals surface area contributed by atoms with Crippen molar-refractivity contribution < 1.29 is 37.0 Å². The van der Waals surface area contributed by atoms with Crippen LogP contribution in [0.5, 0.6) is 11.5 Å². The summed E-state index contributed by atoms with van der Waals surface area (Å²) in [6, 6.07) is 11.0. The summed E-state index contributed by atoms with van der Waals surface area (Å²) < 4.78 is 48.3. The van der Waals surface area contributed by atoms with Crippen LogP contribution in [0.1, 0.15) is 22.8 Å². The minimum Gasteiger partial charge on any atom is -0.497 e. The average Bonchev–Trinajstić information content (AvgIpc) is 2.87. The van der Waals surface area contributed by atoms with Crippen LogP contribution in [-0.2, 0) is 24.3 Å². The first-order valence-corrected chi connectivity index (χ1v) is 12.0. The smallest absolute Gasteiger partial charge is 0.331 e. The SMILES string of the molecule is COc1ccc(C(=O)C(C)OC(=O)/C=C/c2ccc(OC)c(S(=O)(=O)N3CCOCC3)c2)cc1. The Labute approximate surface area is 198 Å². The van der Waals surface area contributed by atoms with Crippen molar-refractivity contribution in [2.24, 2.45) is 0 Å². The van der Waals surface area contributed by atoms with E-state index in [2.05, 4.69) is 0 Å². The van der Waals surface area contributed by atoms with E-state index in [1.807, 2.05) is 0 Å². The molecule has 1 atom stereocenters. The molecule has 9 nitrogen and oxygen atoms in total. The summed E-state index contributed by atoms with van der Waals surface area (Å²) in [7, 11) is -0.891. The van der Waals surface area contributed by atoms with Gasteiger partial charge in [-0.15, -0.1) is 0 Å². The second kappa shape index (κ2) is 11.3. The second-order valence-corrected chi connectivity index (χ2v) is 9.34. The lowest BCUT2D eigenvalue weighted by Gasteiger charge is -2.26. The van der Waals surface area contributed by atoms with Gasteiger partial charge in [-0.3, -0.25) is 4.79 Å². The largest absolute Gasteiger partial charge is 0.497 e. The lowest BCUT2D eigenvalue weighted by molar-refractivity contribution is -0.140. The Morgan fingerprint density at radius 3 is 2.32 bits per heavy atom. The third kappa shape index (κ3) is 6.02. The molecule has 1 unspecified atom stereocenters. The van der Waals surface area contributed by atoms with Crippen LogP contribution in [-0.4, -0.2) is 71.1 Å². The third-order valence-corrected chi connectivity index (χ3v) is 7.14. The Balaban J connectivity index is 1.71. The minimum atomic E-state index is -3.81. The summed E-state index contributed by atoms with van der Waals surface area (Å²) in [6.45, 7) is 2.62. The fourth-order valence-corrected chi connectivity index (χ4v) is 4.94. The lowest BCUT2D eigenvalue weighted by atomic mass is 10.1. The maximum atomic E-state index is 13.1. The molecule has 2 aromatic rings. The molecule has 34 heavy (non-hydrogen) atoms. The number of sulfonamides is 1. The van der Waals surface area contributed by atoms with Crippen LogP contribution in [0.2, 0.25) is 0 Å². The zero-order chi connectivity index (χ0) is 24.7. The van der Waals surface area contributed by atoms with E-state index in [1.165, 1.54) is 43.7 Å². The molecule has 0 aromatic heterocycles. The quantitative estimate of drug-likeness (QED) is 0.300. The van der Waals surface area contributed by atoms with Gasteiger partial charge in [0.25, 0.3) is 0 Å². The number of esters is 1. The van der Waals surface area contributed by atoms with Crippen molar-refractivity contribution in [1.82, 2.24) is 4.31 Å². The Morgan fingerprint density at radius 1 is 1.03 bits per heavy atom. The number of ketones is 1. The number of hydrogen-bond acceptors (Lipinski definition) is 8. The summed E-state index contributed by atoms with van der Waals surface area (Å²) in [6.07, 6.45) is 1.56. The first-order valence-electron chi connectivity index (χ1n) is 10.6. The highest BCUT2D eigenvalue weighted by atomic mass is 32.2. The van der Waals surface area contributed by atoms with Crippen LogP contribution in [0.3, 0.4) is 0 Å². The first-order chi connectivity index (χ1) is 16.3. The molecule has 0 bridgehead atoms. The summed E-state index contributed by atoms with van der Waals surface area (Å²) in [5.74, 6) is -0.279. The van der Waals surface area contributed by atoms with Gasteiger partial charge in [0, 0.05) is 24.7 Å². The van der Waals surface area contributed by atoms with Gasteiger partial charge in [-0.2, -0.15) is 4.31 Å². The molecule has 10 heteroatoms. The van der Waals surface area contributed by atoms with Gasteiger partial charge >= 0.3 is 5.97 Å². The van der Waals surface area contributed by atoms with E-state index in [1.54, 1.807) is 30.3 Å². The van der Waals surface area contributed by atoms with Crippen LogP contribution in [0.25, 0.3) is 6.08 Å². The molecule has 1 aliphatic heterocycles. The van der Waals surface area contributed by atoms with Gasteiger partial charge in [0.05, 0.1) is 27.4 Å². The molecule has 1 fully saturated rings. The standard InChI is InChI=1S/C24H27NO8S/c1-17(24(27)19-6-8-20(30-2)9-7-19)33-23(26)11-5-18-4-10-21(31-3)22(16-18)34(28,29)25-12-14-32-15-13-25/h4-11,16-17H,12-15H2,1-3H3/b11-5+. The molecule has 0 radical (unpaired) electrons. The fourth-order valence-electron chi connectivity index (χ4n) is 3.35. The van der Waals surface area contributed by atoms with Gasteiger partial charge in [-0.05, 0) is 55.0 Å². The molecule has 0 saturated carbocycles. The Kier molecular flexibility index (Phi) is 8.43. The number of Topliss-reactive ketones (excluding diaryl/α,β-unsaturated/α-hetero) is 1. The summed E-state index contributed by atoms with van der Waals surface area (Å²) in [5, 5.41) is 0. The van der Waals surface area contributed by atoms with Gasteiger partial charge in [-0.1, -0.05) is 6.07 Å². The Morgan fingerprint density at radius 2 is 1.71 bits per heavy atom. The van der Waals surface area contributed by atoms with E-state index in [0.717, 1.165) is 6.08 Å². The van der Waals surface area contributed by atoms with E-state index in [4.69, 9.17) is 18.9 Å². The normalized spacial score (nSPS) is 15.6. The van der Waals surface area contributed by atoms with Crippen LogP contribution in [0, 0.1) is 0 Å². The summed E-state index contributed by atoms with van der Waals surface area (Å²) in [5.41, 5.74) is 0.844. The maximum Gasteiger partial charge on any atom is 0.331 e. The molecule has 1 saturated heterocycles. The molecule has 0 aliphatic carbocycles. The van der Waals surface area contributed by atoms with Crippen LogP contribution >= 0.6 is 0 Å². The van der Waals surface area contributed by atoms with E-state index >= 15 is 0 Å². The summed E-state index contributed by atoms with van der Waals surface area (Å²) in [4.78, 5) is 24.8. The molecular weight excluding hydrogens is 462 g/mol. The monoisotopic (exact) mass is 489 g/mol. The van der Waals surface area contributed by atoms with Crippen molar-refractivity contribution in [3.63, 3.8) is 0 Å². The second-order valence-electron chi connectivity index (χ2n) is 7.43. The number of carbonyl (C=O) groups excluding carboxylic acids is 2. The Bertz CT molecular complexity index is 1150. The van der Waals surface area contributed by atoms with Gasteiger partial charge in [-0.25, -0.2) is 13.2 Å². The molecule has 1 heterocycles. The molecule has 0 spiro atoms. The van der Waals surface area contributed by atoms with E-state index in [0.29, 0.717) is 30.1 Å². The van der Waals surface area contributed by atoms with Crippen molar-refractivity contribution in [3.8, 4) is 11.5 Å². The van der Waals surface area contributed by atoms with Gasteiger partial charge in [0.15, 0.2) is 6.10 Å². The first kappa shape index (κ1) is 25.4. The molecule has 182 valence electrons. The van der Waals surface area contributed by atoms with Crippen LogP contribution in [0.4, 0.5) is 0 Å². The number of morpholine rings is 1. The zero-order valence-corrected chi connectivity index (χ0v) is 20.0. The number of nitrogens with zero attached hydrogens (tertiary/aromatic N) is 1. The molecule has 1 aliphatic rings. The van der Waals surface area contributed by atoms with Crippen molar-refractivity contribution in [3.05, 3.63) is 59.7 Å². The third-order valence-electron chi connectivity index (χ3n) is 5.22. The topological polar surface area (TPSA) is 108 Å². The number of methoxy groups -OCH3 is 2. The van der Waals surface area contributed by atoms with Crippen LogP contribution < -0.4 is 9.47 Å². The van der Waals surface area contributed by atoms with Crippen molar-refractivity contribution in [1.29, 1.82) is 0 Å². The van der Waals surface area contributed by atoms with Gasteiger partial charge < -0.3 is 18.9 Å². The molecule has 0 amide bonds. The fraction of sp³-hybridized carbons (Fsp3) is 0.333. The molecule has 3 rings (SSSR count). The molecule has 2 aromatic carbocycles. The van der Waals surface area contributed by atoms with E-state index < -0.39 is 22.1 Å². The molecular formula is C24H27NO8S. The van der Waals surface area contributed by atoms with Gasteiger partial charge in [0.2, 0.25) is 15.8 Å². The average molecular weight is 490 g/mol. The number of hydrogen-bond donors (Lipinski definition) is 0. The van der Waals surface area contributed by atoms with Crippen LogP contribution in [0.15, 0.2) is 53.4 Å². The van der Waals surface area contributed by atoms with Crippen molar-refractivity contribution >= 4 is 27.9 Å². The van der Waals surface area contributed by atoms with Crippen molar-refractivity contribution in [2.45, 2.75) is 17.9 Å². The highest BCUT2D eigenvalue weighted by molar-refractivity contribution is 7.89. The van der Waals surface area contributed by atoms with Gasteiger partial charge in [0.1, 0.15) is 16.4 Å².